The van der Waals surface area contributed by atoms with Crippen LogP contribution in [0.25, 0.3) is 22.2 Å². The van der Waals surface area contributed by atoms with E-state index in [2.05, 4.69) is 9.97 Å². The smallest absolute Gasteiger partial charge is 0.334 e. The number of benzene rings is 2. The Morgan fingerprint density at radius 2 is 1.96 bits per heavy atom. The lowest BCUT2D eigenvalue weighted by Crippen LogP contribution is -2.06. The number of alkyl halides is 3. The van der Waals surface area contributed by atoms with Gasteiger partial charge in [-0.1, -0.05) is 23.7 Å². The molecule has 0 aliphatic carbocycles. The van der Waals surface area contributed by atoms with Gasteiger partial charge in [0.2, 0.25) is 5.82 Å². The number of nitrogens with zero attached hydrogens (tertiary/aromatic N) is 1. The molecule has 118 valence electrons. The molecule has 2 aromatic carbocycles. The number of aldehydes is 1. The average molecular weight is 339 g/mol. The zero-order valence-electron chi connectivity index (χ0n) is 11.8. The van der Waals surface area contributed by atoms with Gasteiger partial charge in [-0.25, -0.2) is 4.98 Å². The molecule has 3 aromatic rings. The van der Waals surface area contributed by atoms with Crippen molar-refractivity contribution in [1.82, 2.24) is 9.97 Å². The Kier molecular flexibility index (Phi) is 3.64. The summed E-state index contributed by atoms with van der Waals surface area (Å²) < 4.78 is 38.4. The molecule has 1 N–H and O–H groups in total. The summed E-state index contributed by atoms with van der Waals surface area (Å²) in [6.45, 7) is 1.88. The van der Waals surface area contributed by atoms with Crippen LogP contribution in [0.1, 0.15) is 21.7 Å². The van der Waals surface area contributed by atoms with E-state index in [0.29, 0.717) is 22.4 Å². The monoisotopic (exact) mass is 338 g/mol. The molecule has 0 unspecified atom stereocenters. The standard InChI is InChI=1S/C16H10ClF3N2O/c1-8-2-3-11(12(17)4-8)9-5-10(7-23)14-13(6-9)21-15(22-14)16(18,19)20/h2-7H,1H3,(H,21,22). The number of carbonyl (C=O) groups excluding carboxylic acids is 1. The molecule has 3 nitrogen and oxygen atoms in total. The highest BCUT2D eigenvalue weighted by atomic mass is 35.5. The maximum absolute atomic E-state index is 12.8. The number of carbonyl (C=O) groups is 1. The molecule has 3 rings (SSSR count). The number of aromatic amines is 1. The molecule has 0 spiro atoms. The number of fused-ring (bicyclic) bond motifs is 1. The third kappa shape index (κ3) is 2.82. The lowest BCUT2D eigenvalue weighted by atomic mass is 10.0. The number of nitrogens with one attached hydrogen (secondary N) is 1. The van der Waals surface area contributed by atoms with E-state index in [-0.39, 0.29) is 16.6 Å². The maximum Gasteiger partial charge on any atom is 0.449 e. The molecule has 0 aliphatic rings. The van der Waals surface area contributed by atoms with Crippen molar-refractivity contribution in [2.24, 2.45) is 0 Å². The Bertz CT molecular complexity index is 916. The van der Waals surface area contributed by atoms with Crippen molar-refractivity contribution in [2.45, 2.75) is 13.1 Å². The van der Waals surface area contributed by atoms with Crippen LogP contribution in [-0.2, 0) is 6.18 Å². The number of aromatic nitrogens is 2. The first-order valence-electron chi connectivity index (χ1n) is 6.62. The van der Waals surface area contributed by atoms with E-state index in [4.69, 9.17) is 11.6 Å². The summed E-state index contributed by atoms with van der Waals surface area (Å²) in [6, 6.07) is 8.32. The van der Waals surface area contributed by atoms with Gasteiger partial charge in [0.25, 0.3) is 0 Å². The summed E-state index contributed by atoms with van der Waals surface area (Å²) in [5.74, 6) is -1.14. The highest BCUT2D eigenvalue weighted by Gasteiger charge is 2.35. The van der Waals surface area contributed by atoms with Crippen LogP contribution in [0.4, 0.5) is 13.2 Å². The molecule has 0 radical (unpaired) electrons. The quantitative estimate of drug-likeness (QED) is 0.667. The Balaban J connectivity index is 2.25. The fraction of sp³-hybridized carbons (Fsp3) is 0.125. The first kappa shape index (κ1) is 15.6. The normalized spacial score (nSPS) is 11.9. The van der Waals surface area contributed by atoms with Crippen molar-refractivity contribution in [3.8, 4) is 11.1 Å². The zero-order chi connectivity index (χ0) is 16.8. The van der Waals surface area contributed by atoms with Crippen molar-refractivity contribution < 1.29 is 18.0 Å². The van der Waals surface area contributed by atoms with Gasteiger partial charge >= 0.3 is 6.18 Å². The lowest BCUT2D eigenvalue weighted by Gasteiger charge is -2.07. The van der Waals surface area contributed by atoms with Gasteiger partial charge in [0.15, 0.2) is 6.29 Å². The van der Waals surface area contributed by atoms with Crippen LogP contribution < -0.4 is 0 Å². The molecule has 7 heteroatoms. The number of rotatable bonds is 2. The highest BCUT2D eigenvalue weighted by Crippen LogP contribution is 2.34. The summed E-state index contributed by atoms with van der Waals surface area (Å²) >= 11 is 6.19. The molecular weight excluding hydrogens is 329 g/mol. The molecule has 0 saturated heterocycles. The van der Waals surface area contributed by atoms with Gasteiger partial charge in [-0.15, -0.1) is 0 Å². The topological polar surface area (TPSA) is 45.8 Å². The van der Waals surface area contributed by atoms with Crippen LogP contribution in [-0.4, -0.2) is 16.3 Å². The number of halogens is 4. The van der Waals surface area contributed by atoms with Crippen LogP contribution in [0.15, 0.2) is 30.3 Å². The lowest BCUT2D eigenvalue weighted by molar-refractivity contribution is -0.144. The molecule has 0 saturated carbocycles. The van der Waals surface area contributed by atoms with Crippen molar-refractivity contribution in [3.05, 3.63) is 52.3 Å². The van der Waals surface area contributed by atoms with Crippen LogP contribution in [0.5, 0.6) is 0 Å². The van der Waals surface area contributed by atoms with Gasteiger partial charge in [-0.3, -0.25) is 4.79 Å². The number of aryl methyl sites for hydroxylation is 1. The summed E-state index contributed by atoms with van der Waals surface area (Å²) in [4.78, 5) is 16.9. The summed E-state index contributed by atoms with van der Waals surface area (Å²) in [5, 5.41) is 0.455. The Hall–Kier alpha value is -2.34. The molecule has 0 bridgehead atoms. The van der Waals surface area contributed by atoms with E-state index in [1.807, 2.05) is 13.0 Å². The van der Waals surface area contributed by atoms with Crippen LogP contribution in [0, 0.1) is 6.92 Å². The van der Waals surface area contributed by atoms with Gasteiger partial charge in [-0.2, -0.15) is 13.2 Å². The molecule has 0 fully saturated rings. The summed E-state index contributed by atoms with van der Waals surface area (Å²) in [6.07, 6.45) is -4.13. The first-order valence-corrected chi connectivity index (χ1v) is 7.00. The van der Waals surface area contributed by atoms with Crippen LogP contribution in [0.2, 0.25) is 5.02 Å². The van der Waals surface area contributed by atoms with Crippen molar-refractivity contribution in [2.75, 3.05) is 0 Å². The maximum atomic E-state index is 12.8. The fourth-order valence-electron chi connectivity index (χ4n) is 2.38. The minimum Gasteiger partial charge on any atom is -0.334 e. The molecule has 1 aromatic heterocycles. The predicted octanol–water partition coefficient (Wildman–Crippen LogP) is 5.02. The molecule has 0 aliphatic heterocycles. The van der Waals surface area contributed by atoms with Gasteiger partial charge in [0.1, 0.15) is 0 Å². The second-order valence-electron chi connectivity index (χ2n) is 5.15. The van der Waals surface area contributed by atoms with E-state index in [1.165, 1.54) is 12.1 Å². The van der Waals surface area contributed by atoms with Gasteiger partial charge in [0.05, 0.1) is 11.0 Å². The Labute approximate surface area is 134 Å². The third-order valence-corrected chi connectivity index (χ3v) is 3.76. The van der Waals surface area contributed by atoms with E-state index in [1.54, 1.807) is 12.1 Å². The molecule has 0 amide bonds. The molecule has 23 heavy (non-hydrogen) atoms. The SMILES string of the molecule is Cc1ccc(-c2cc(C=O)c3nc(C(F)(F)F)[nH]c3c2)c(Cl)c1. The van der Waals surface area contributed by atoms with Crippen molar-refractivity contribution >= 4 is 28.9 Å². The second kappa shape index (κ2) is 5.38. The van der Waals surface area contributed by atoms with Gasteiger partial charge in [0, 0.05) is 16.1 Å². The molecular formula is C16H10ClF3N2O. The van der Waals surface area contributed by atoms with Gasteiger partial charge < -0.3 is 4.98 Å². The van der Waals surface area contributed by atoms with E-state index in [9.17, 15) is 18.0 Å². The molecule has 1 heterocycles. The zero-order valence-corrected chi connectivity index (χ0v) is 12.6. The van der Waals surface area contributed by atoms with Crippen molar-refractivity contribution in [3.63, 3.8) is 0 Å². The van der Waals surface area contributed by atoms with Crippen LogP contribution >= 0.6 is 11.6 Å². The highest BCUT2D eigenvalue weighted by molar-refractivity contribution is 6.33. The van der Waals surface area contributed by atoms with E-state index >= 15 is 0 Å². The first-order chi connectivity index (χ1) is 10.8. The second-order valence-corrected chi connectivity index (χ2v) is 5.55. The largest absolute Gasteiger partial charge is 0.449 e. The summed E-state index contributed by atoms with van der Waals surface area (Å²) in [7, 11) is 0. The van der Waals surface area contributed by atoms with E-state index < -0.39 is 12.0 Å². The minimum absolute atomic E-state index is 0.0145. The number of hydrogen-bond donors (Lipinski definition) is 1. The minimum atomic E-state index is -4.61. The number of imidazole rings is 1. The van der Waals surface area contributed by atoms with E-state index in [0.717, 1.165) is 5.56 Å². The molecule has 0 atom stereocenters. The average Bonchev–Trinajstić information content (AvgIpc) is 2.90. The summed E-state index contributed by atoms with van der Waals surface area (Å²) in [5.41, 5.74) is 2.32. The predicted molar refractivity (Wildman–Crippen MR) is 81.7 cm³/mol. The van der Waals surface area contributed by atoms with Crippen LogP contribution in [0.3, 0.4) is 0 Å². The fourth-order valence-corrected chi connectivity index (χ4v) is 2.72. The number of H-pyrrole nitrogens is 1. The Morgan fingerprint density at radius 1 is 1.22 bits per heavy atom. The van der Waals surface area contributed by atoms with Crippen molar-refractivity contribution in [1.29, 1.82) is 0 Å². The number of hydrogen-bond acceptors (Lipinski definition) is 2. The third-order valence-electron chi connectivity index (χ3n) is 3.45. The Morgan fingerprint density at radius 3 is 2.57 bits per heavy atom. The van der Waals surface area contributed by atoms with Gasteiger partial charge in [-0.05, 0) is 36.2 Å².